The van der Waals surface area contributed by atoms with E-state index < -0.39 is 10.0 Å². The summed E-state index contributed by atoms with van der Waals surface area (Å²) in [6.07, 6.45) is 0.395. The van der Waals surface area contributed by atoms with E-state index in [4.69, 9.17) is 0 Å². The van der Waals surface area contributed by atoms with E-state index in [1.807, 2.05) is 18.2 Å². The van der Waals surface area contributed by atoms with Gasteiger partial charge in [-0.15, -0.1) is 10.2 Å². The van der Waals surface area contributed by atoms with Gasteiger partial charge in [-0.3, -0.25) is 4.31 Å². The number of benzene rings is 2. The van der Waals surface area contributed by atoms with E-state index in [1.165, 1.54) is 15.6 Å². The van der Waals surface area contributed by atoms with Crippen LogP contribution in [-0.2, 0) is 16.4 Å². The smallest absolute Gasteiger partial charge is 0.264 e. The molecule has 4 rings (SSSR count). The van der Waals surface area contributed by atoms with Crippen molar-refractivity contribution in [2.45, 2.75) is 11.3 Å². The zero-order chi connectivity index (χ0) is 18.0. The molecule has 2 heterocycles. The Labute approximate surface area is 154 Å². The van der Waals surface area contributed by atoms with Gasteiger partial charge in [-0.05, 0) is 24.3 Å². The minimum Gasteiger partial charge on any atom is -0.266 e. The van der Waals surface area contributed by atoms with Crippen molar-refractivity contribution in [2.24, 2.45) is 0 Å². The third kappa shape index (κ3) is 3.06. The summed E-state index contributed by atoms with van der Waals surface area (Å²) in [6, 6.07) is 17.5. The average molecular weight is 385 g/mol. The van der Waals surface area contributed by atoms with Crippen LogP contribution in [0.2, 0.25) is 0 Å². The zero-order valence-corrected chi connectivity index (χ0v) is 15.3. The first kappa shape index (κ1) is 16.7. The molecule has 0 fully saturated rings. The number of rotatable bonds is 6. The molecule has 0 N–H and O–H groups in total. The lowest BCUT2D eigenvalue weighted by molar-refractivity contribution is 0.590. The molecule has 9 heteroatoms. The summed E-state index contributed by atoms with van der Waals surface area (Å²) in [5, 5.41) is 12.4. The van der Waals surface area contributed by atoms with Crippen LogP contribution in [0.15, 0.2) is 71.1 Å². The van der Waals surface area contributed by atoms with Crippen LogP contribution in [0, 0.1) is 0 Å². The van der Waals surface area contributed by atoms with Gasteiger partial charge in [-0.2, -0.15) is 9.61 Å². The molecule has 132 valence electrons. The molecular weight excluding hydrogens is 370 g/mol. The maximum absolute atomic E-state index is 13.2. The van der Waals surface area contributed by atoms with Crippen molar-refractivity contribution < 1.29 is 8.42 Å². The molecule has 0 amide bonds. The van der Waals surface area contributed by atoms with Crippen molar-refractivity contribution in [3.8, 4) is 0 Å². The fourth-order valence-electron chi connectivity index (χ4n) is 2.66. The third-order valence-corrected chi connectivity index (χ3v) is 6.42. The van der Waals surface area contributed by atoms with Crippen molar-refractivity contribution in [2.75, 3.05) is 10.8 Å². The highest BCUT2D eigenvalue weighted by Crippen LogP contribution is 2.23. The van der Waals surface area contributed by atoms with Crippen LogP contribution in [0.4, 0.5) is 5.69 Å². The van der Waals surface area contributed by atoms with Gasteiger partial charge in [0, 0.05) is 13.0 Å². The van der Waals surface area contributed by atoms with E-state index >= 15 is 0 Å². The van der Waals surface area contributed by atoms with Gasteiger partial charge >= 0.3 is 0 Å². The average Bonchev–Trinajstić information content (AvgIpc) is 3.28. The quantitative estimate of drug-likeness (QED) is 0.510. The molecule has 0 bridgehead atoms. The van der Waals surface area contributed by atoms with E-state index in [9.17, 15) is 8.42 Å². The van der Waals surface area contributed by atoms with E-state index in [0.717, 1.165) is 0 Å². The van der Waals surface area contributed by atoms with Crippen LogP contribution in [0.5, 0.6) is 0 Å². The van der Waals surface area contributed by atoms with Crippen LogP contribution in [0.1, 0.15) is 5.82 Å². The Kier molecular flexibility index (Phi) is 4.39. The molecule has 0 saturated carbocycles. The molecule has 26 heavy (non-hydrogen) atoms. The van der Waals surface area contributed by atoms with Crippen LogP contribution in [0.3, 0.4) is 0 Å². The largest absolute Gasteiger partial charge is 0.266 e. The molecule has 0 spiro atoms. The first-order chi connectivity index (χ1) is 12.7. The van der Waals surface area contributed by atoms with Crippen LogP contribution >= 0.6 is 11.3 Å². The topological polar surface area (TPSA) is 80.5 Å². The van der Waals surface area contributed by atoms with E-state index in [-0.39, 0.29) is 11.4 Å². The summed E-state index contributed by atoms with van der Waals surface area (Å²) in [6.45, 7) is 0.236. The molecule has 2 aromatic heterocycles. The van der Waals surface area contributed by atoms with Gasteiger partial charge in [0.1, 0.15) is 5.51 Å². The van der Waals surface area contributed by atoms with Gasteiger partial charge in [0.15, 0.2) is 5.82 Å². The number of hydrogen-bond acceptors (Lipinski definition) is 6. The second-order valence-corrected chi connectivity index (χ2v) is 8.20. The summed E-state index contributed by atoms with van der Waals surface area (Å²) < 4.78 is 29.4. The molecule has 0 aliphatic heterocycles. The number of nitrogens with zero attached hydrogens (tertiary/aromatic N) is 5. The Bertz CT molecular complexity index is 1110. The molecule has 7 nitrogen and oxygen atoms in total. The predicted molar refractivity (Wildman–Crippen MR) is 99.8 cm³/mol. The molecule has 4 aromatic rings. The molecule has 0 aliphatic rings. The van der Waals surface area contributed by atoms with E-state index in [2.05, 4.69) is 15.3 Å². The predicted octanol–water partition coefficient (Wildman–Crippen LogP) is 2.62. The Morgan fingerprint density at radius 1 is 0.962 bits per heavy atom. The number of sulfonamides is 1. The van der Waals surface area contributed by atoms with Crippen molar-refractivity contribution in [1.29, 1.82) is 0 Å². The van der Waals surface area contributed by atoms with Gasteiger partial charge in [-0.25, -0.2) is 8.42 Å². The molecule has 0 atom stereocenters. The first-order valence-corrected chi connectivity index (χ1v) is 10.2. The summed E-state index contributed by atoms with van der Waals surface area (Å²) in [4.78, 5) is 0.945. The highest BCUT2D eigenvalue weighted by Gasteiger charge is 2.25. The highest BCUT2D eigenvalue weighted by atomic mass is 32.2. The van der Waals surface area contributed by atoms with Crippen LogP contribution in [0.25, 0.3) is 4.96 Å². The Balaban J connectivity index is 1.69. The third-order valence-electron chi connectivity index (χ3n) is 3.91. The first-order valence-electron chi connectivity index (χ1n) is 7.93. The van der Waals surface area contributed by atoms with Gasteiger partial charge in [-0.1, -0.05) is 47.7 Å². The van der Waals surface area contributed by atoms with Gasteiger partial charge in [0.05, 0.1) is 10.6 Å². The van der Waals surface area contributed by atoms with Crippen LogP contribution in [-0.4, -0.2) is 34.8 Å². The monoisotopic (exact) mass is 385 g/mol. The lowest BCUT2D eigenvalue weighted by Gasteiger charge is -2.24. The van der Waals surface area contributed by atoms with Gasteiger partial charge < -0.3 is 0 Å². The van der Waals surface area contributed by atoms with Crippen molar-refractivity contribution in [3.05, 3.63) is 72.0 Å². The number of fused-ring (bicyclic) bond motifs is 1. The maximum Gasteiger partial charge on any atom is 0.264 e. The van der Waals surface area contributed by atoms with E-state index in [1.54, 1.807) is 52.5 Å². The van der Waals surface area contributed by atoms with Crippen molar-refractivity contribution >= 4 is 32.0 Å². The molecule has 0 aliphatic carbocycles. The minimum absolute atomic E-state index is 0.236. The lowest BCUT2D eigenvalue weighted by Crippen LogP contribution is -2.33. The van der Waals surface area contributed by atoms with Crippen molar-refractivity contribution in [1.82, 2.24) is 19.8 Å². The molecule has 0 unspecified atom stereocenters. The Morgan fingerprint density at radius 2 is 1.65 bits per heavy atom. The lowest BCUT2D eigenvalue weighted by atomic mass is 10.3. The Morgan fingerprint density at radius 3 is 2.38 bits per heavy atom. The van der Waals surface area contributed by atoms with E-state index in [0.29, 0.717) is 22.9 Å². The second-order valence-electron chi connectivity index (χ2n) is 5.53. The van der Waals surface area contributed by atoms with Crippen molar-refractivity contribution in [3.63, 3.8) is 0 Å². The number of anilines is 1. The minimum atomic E-state index is -3.69. The molecule has 0 saturated heterocycles. The summed E-state index contributed by atoms with van der Waals surface area (Å²) >= 11 is 1.39. The zero-order valence-electron chi connectivity index (χ0n) is 13.6. The summed E-state index contributed by atoms with van der Waals surface area (Å²) in [5.41, 5.74) is 2.29. The van der Waals surface area contributed by atoms with Crippen LogP contribution < -0.4 is 4.31 Å². The molecular formula is C17H15N5O2S2. The molecule has 0 radical (unpaired) electrons. The van der Waals surface area contributed by atoms with Gasteiger partial charge in [0.2, 0.25) is 4.96 Å². The SMILES string of the molecule is O=S(=O)(c1ccccc1)N(CCc1nnc2scnn12)c1ccccc1. The maximum atomic E-state index is 13.2. The normalized spacial score (nSPS) is 11.7. The number of para-hydroxylation sites is 1. The highest BCUT2D eigenvalue weighted by molar-refractivity contribution is 7.92. The standard InChI is InChI=1S/C17H15N5O2S2/c23-26(24,15-9-5-2-6-10-15)21(14-7-3-1-4-8-14)12-11-16-19-20-17-22(16)18-13-25-17/h1-10,13H,11-12H2. The summed E-state index contributed by atoms with van der Waals surface area (Å²) in [7, 11) is -3.69. The summed E-state index contributed by atoms with van der Waals surface area (Å²) in [5.74, 6) is 0.630. The second kappa shape index (κ2) is 6.85. The Hall–Kier alpha value is -2.78. The molecule has 2 aromatic carbocycles. The fraction of sp³-hybridized carbons (Fsp3) is 0.118. The number of hydrogen-bond donors (Lipinski definition) is 0. The fourth-order valence-corrected chi connectivity index (χ4v) is 4.72. The number of aromatic nitrogens is 4. The van der Waals surface area contributed by atoms with Gasteiger partial charge in [0.25, 0.3) is 10.0 Å².